The van der Waals surface area contributed by atoms with E-state index in [9.17, 15) is 4.79 Å². The van der Waals surface area contributed by atoms with Crippen LogP contribution in [0.3, 0.4) is 0 Å². The van der Waals surface area contributed by atoms with E-state index in [1.807, 2.05) is 12.3 Å². The van der Waals surface area contributed by atoms with Gasteiger partial charge >= 0.3 is 0 Å². The third-order valence-electron chi connectivity index (χ3n) is 4.54. The Morgan fingerprint density at radius 3 is 2.58 bits per heavy atom. The molecule has 1 aliphatic carbocycles. The van der Waals surface area contributed by atoms with E-state index < -0.39 is 0 Å². The molecule has 1 saturated heterocycles. The first kappa shape index (κ1) is 13.3. The van der Waals surface area contributed by atoms with Gasteiger partial charge in [-0.25, -0.2) is 0 Å². The normalized spacial score (nSPS) is 23.6. The SMILES string of the molecule is Cc1ccsc1C(=O)C1(N2CCOCC2)CCCC1. The molecular weight excluding hydrogens is 258 g/mol. The van der Waals surface area contributed by atoms with E-state index in [0.29, 0.717) is 5.78 Å². The van der Waals surface area contributed by atoms with Crippen LogP contribution in [0.4, 0.5) is 0 Å². The van der Waals surface area contributed by atoms with Crippen LogP contribution in [0, 0.1) is 6.92 Å². The van der Waals surface area contributed by atoms with Crippen molar-refractivity contribution in [2.75, 3.05) is 26.3 Å². The van der Waals surface area contributed by atoms with Crippen LogP contribution in [-0.2, 0) is 4.74 Å². The summed E-state index contributed by atoms with van der Waals surface area (Å²) in [5.41, 5.74) is 0.897. The highest BCUT2D eigenvalue weighted by Gasteiger charge is 2.47. The molecule has 3 rings (SSSR count). The fourth-order valence-electron chi connectivity index (χ4n) is 3.45. The molecule has 3 nitrogen and oxygen atoms in total. The molecule has 1 aromatic rings. The van der Waals surface area contributed by atoms with E-state index in [-0.39, 0.29) is 5.54 Å². The maximum absolute atomic E-state index is 13.1. The van der Waals surface area contributed by atoms with Crippen LogP contribution in [-0.4, -0.2) is 42.5 Å². The molecule has 0 spiro atoms. The summed E-state index contributed by atoms with van der Waals surface area (Å²) in [5.74, 6) is 0.361. The highest BCUT2D eigenvalue weighted by atomic mass is 32.1. The number of morpholine rings is 1. The zero-order valence-electron chi connectivity index (χ0n) is 11.5. The average Bonchev–Trinajstić information content (AvgIpc) is 3.08. The Morgan fingerprint density at radius 2 is 2.00 bits per heavy atom. The van der Waals surface area contributed by atoms with Gasteiger partial charge in [0.25, 0.3) is 0 Å². The molecule has 2 heterocycles. The summed E-state index contributed by atoms with van der Waals surface area (Å²) in [6, 6.07) is 2.06. The summed E-state index contributed by atoms with van der Waals surface area (Å²) in [5, 5.41) is 2.03. The van der Waals surface area contributed by atoms with Gasteiger partial charge in [-0.1, -0.05) is 12.8 Å². The van der Waals surface area contributed by atoms with Crippen LogP contribution in [0.5, 0.6) is 0 Å². The Bertz CT molecular complexity index is 456. The van der Waals surface area contributed by atoms with Crippen LogP contribution < -0.4 is 0 Å². The van der Waals surface area contributed by atoms with Crippen molar-refractivity contribution in [2.24, 2.45) is 0 Å². The molecule has 4 heteroatoms. The molecule has 0 atom stereocenters. The van der Waals surface area contributed by atoms with Crippen LogP contribution in [0.15, 0.2) is 11.4 Å². The van der Waals surface area contributed by atoms with E-state index in [2.05, 4.69) is 11.0 Å². The molecule has 1 aromatic heterocycles. The van der Waals surface area contributed by atoms with Gasteiger partial charge in [0.15, 0.2) is 5.78 Å². The lowest BCUT2D eigenvalue weighted by molar-refractivity contribution is -0.0129. The second-order valence-electron chi connectivity index (χ2n) is 5.60. The number of ether oxygens (including phenoxy) is 1. The van der Waals surface area contributed by atoms with Gasteiger partial charge in [-0.15, -0.1) is 11.3 Å². The van der Waals surface area contributed by atoms with Gasteiger partial charge in [-0.3, -0.25) is 9.69 Å². The van der Waals surface area contributed by atoms with E-state index >= 15 is 0 Å². The molecule has 0 unspecified atom stereocenters. The number of carbonyl (C=O) groups is 1. The summed E-state index contributed by atoms with van der Waals surface area (Å²) in [6.07, 6.45) is 4.38. The average molecular weight is 279 g/mol. The van der Waals surface area contributed by atoms with Crippen molar-refractivity contribution < 1.29 is 9.53 Å². The van der Waals surface area contributed by atoms with Crippen molar-refractivity contribution in [3.63, 3.8) is 0 Å². The molecule has 2 fully saturated rings. The number of ketones is 1. The molecule has 2 aliphatic rings. The van der Waals surface area contributed by atoms with Crippen LogP contribution in [0.25, 0.3) is 0 Å². The fraction of sp³-hybridized carbons (Fsp3) is 0.667. The molecule has 104 valence electrons. The summed E-state index contributed by atoms with van der Waals surface area (Å²) in [7, 11) is 0. The first-order valence-corrected chi connectivity index (χ1v) is 8.04. The molecule has 0 amide bonds. The smallest absolute Gasteiger partial charge is 0.193 e. The van der Waals surface area contributed by atoms with E-state index in [0.717, 1.165) is 49.6 Å². The Morgan fingerprint density at radius 1 is 1.32 bits per heavy atom. The van der Waals surface area contributed by atoms with Gasteiger partial charge in [-0.2, -0.15) is 0 Å². The number of carbonyl (C=O) groups excluding carboxylic acids is 1. The second-order valence-corrected chi connectivity index (χ2v) is 6.52. The van der Waals surface area contributed by atoms with Gasteiger partial charge in [0.1, 0.15) is 0 Å². The van der Waals surface area contributed by atoms with E-state index in [1.54, 1.807) is 11.3 Å². The zero-order chi connectivity index (χ0) is 13.3. The lowest BCUT2D eigenvalue weighted by atomic mass is 9.87. The van der Waals surface area contributed by atoms with Crippen molar-refractivity contribution in [2.45, 2.75) is 38.1 Å². The zero-order valence-corrected chi connectivity index (χ0v) is 12.3. The summed E-state index contributed by atoms with van der Waals surface area (Å²) < 4.78 is 5.45. The lowest BCUT2D eigenvalue weighted by Crippen LogP contribution is -2.56. The number of hydrogen-bond donors (Lipinski definition) is 0. The van der Waals surface area contributed by atoms with Crippen molar-refractivity contribution in [1.82, 2.24) is 4.90 Å². The van der Waals surface area contributed by atoms with Crippen LogP contribution in [0.1, 0.15) is 40.9 Å². The predicted molar refractivity (Wildman–Crippen MR) is 77.0 cm³/mol. The number of hydrogen-bond acceptors (Lipinski definition) is 4. The van der Waals surface area contributed by atoms with Gasteiger partial charge in [0.2, 0.25) is 0 Å². The minimum atomic E-state index is -0.237. The van der Waals surface area contributed by atoms with Crippen molar-refractivity contribution in [3.05, 3.63) is 21.9 Å². The standard InChI is InChI=1S/C15H21NO2S/c1-12-4-11-19-13(12)14(17)15(5-2-3-6-15)16-7-9-18-10-8-16/h4,11H,2-3,5-10H2,1H3. The minimum absolute atomic E-state index is 0.237. The Balaban J connectivity index is 1.91. The fourth-order valence-corrected chi connectivity index (χ4v) is 4.41. The Kier molecular flexibility index (Phi) is 3.74. The molecule has 19 heavy (non-hydrogen) atoms. The first-order chi connectivity index (χ1) is 9.24. The summed E-state index contributed by atoms with van der Waals surface area (Å²) in [4.78, 5) is 16.4. The van der Waals surface area contributed by atoms with Gasteiger partial charge < -0.3 is 4.74 Å². The third kappa shape index (κ3) is 2.26. The molecule has 1 aliphatic heterocycles. The van der Waals surface area contributed by atoms with E-state index in [1.165, 1.54) is 12.8 Å². The van der Waals surface area contributed by atoms with Crippen molar-refractivity contribution in [3.8, 4) is 0 Å². The number of rotatable bonds is 3. The summed E-state index contributed by atoms with van der Waals surface area (Å²) in [6.45, 7) is 5.37. The maximum atomic E-state index is 13.1. The van der Waals surface area contributed by atoms with Gasteiger partial charge in [0, 0.05) is 13.1 Å². The third-order valence-corrected chi connectivity index (χ3v) is 5.55. The maximum Gasteiger partial charge on any atom is 0.193 e. The molecule has 0 bridgehead atoms. The first-order valence-electron chi connectivity index (χ1n) is 7.16. The van der Waals surface area contributed by atoms with Crippen LogP contribution in [0.2, 0.25) is 0 Å². The monoisotopic (exact) mass is 279 g/mol. The number of Topliss-reactive ketones (excluding diaryl/α,β-unsaturated/α-hetero) is 1. The topological polar surface area (TPSA) is 29.5 Å². The Labute approximate surface area is 118 Å². The molecule has 0 aromatic carbocycles. The summed E-state index contributed by atoms with van der Waals surface area (Å²) >= 11 is 1.60. The number of thiophene rings is 1. The molecule has 0 N–H and O–H groups in total. The van der Waals surface area contributed by atoms with E-state index in [4.69, 9.17) is 4.74 Å². The second kappa shape index (κ2) is 5.35. The number of aryl methyl sites for hydroxylation is 1. The number of nitrogens with zero attached hydrogens (tertiary/aromatic N) is 1. The highest BCUT2D eigenvalue weighted by Crippen LogP contribution is 2.40. The minimum Gasteiger partial charge on any atom is -0.379 e. The van der Waals surface area contributed by atoms with Crippen molar-refractivity contribution in [1.29, 1.82) is 0 Å². The molecule has 0 radical (unpaired) electrons. The lowest BCUT2D eigenvalue weighted by Gasteiger charge is -2.42. The largest absolute Gasteiger partial charge is 0.379 e. The van der Waals surface area contributed by atoms with Crippen molar-refractivity contribution >= 4 is 17.1 Å². The Hall–Kier alpha value is -0.710. The van der Waals surface area contributed by atoms with Crippen LogP contribution >= 0.6 is 11.3 Å². The molecule has 1 saturated carbocycles. The van der Waals surface area contributed by atoms with Gasteiger partial charge in [0.05, 0.1) is 23.6 Å². The highest BCUT2D eigenvalue weighted by molar-refractivity contribution is 7.12. The predicted octanol–water partition coefficient (Wildman–Crippen LogP) is 2.88. The van der Waals surface area contributed by atoms with Gasteiger partial charge in [-0.05, 0) is 36.8 Å². The quantitative estimate of drug-likeness (QED) is 0.797. The molecular formula is C15H21NO2S.